The highest BCUT2D eigenvalue weighted by Gasteiger charge is 2.38. The minimum Gasteiger partial charge on any atom is -0.389 e. The first-order valence-corrected chi connectivity index (χ1v) is 6.74. The van der Waals surface area contributed by atoms with E-state index in [1.54, 1.807) is 0 Å². The summed E-state index contributed by atoms with van der Waals surface area (Å²) in [6, 6.07) is 20.8. The van der Waals surface area contributed by atoms with E-state index in [2.05, 4.69) is 55.1 Å². The van der Waals surface area contributed by atoms with Gasteiger partial charge in [0.2, 0.25) is 0 Å². The molecule has 0 saturated heterocycles. The molecule has 0 spiro atoms. The molecule has 2 aromatic carbocycles. The van der Waals surface area contributed by atoms with E-state index in [0.717, 1.165) is 12.0 Å². The number of aliphatic hydroxyl groups is 1. The summed E-state index contributed by atoms with van der Waals surface area (Å²) < 4.78 is 0. The standard InChI is InChI=1S/C18H18O/c1-13-17(19)12-16(14-8-4-2-5-9-14)18(13)15-10-6-3-7-11-15/h2-11,16-19H,1,12H2/t16-,17-,18-/m1/s1. The molecular formula is C18H18O. The van der Waals surface area contributed by atoms with Crippen LogP contribution in [0.15, 0.2) is 72.8 Å². The van der Waals surface area contributed by atoms with Crippen molar-refractivity contribution in [3.05, 3.63) is 83.9 Å². The first-order valence-electron chi connectivity index (χ1n) is 6.74. The van der Waals surface area contributed by atoms with E-state index >= 15 is 0 Å². The second-order valence-electron chi connectivity index (χ2n) is 5.23. The molecule has 1 aliphatic rings. The smallest absolute Gasteiger partial charge is 0.0759 e. The van der Waals surface area contributed by atoms with E-state index in [1.807, 2.05) is 12.1 Å². The second kappa shape index (κ2) is 5.02. The van der Waals surface area contributed by atoms with Crippen molar-refractivity contribution in [1.82, 2.24) is 0 Å². The molecule has 1 aliphatic carbocycles. The third-order valence-corrected chi connectivity index (χ3v) is 4.09. The average molecular weight is 250 g/mol. The Morgan fingerprint density at radius 3 is 1.95 bits per heavy atom. The molecule has 0 radical (unpaired) electrons. The van der Waals surface area contributed by atoms with Gasteiger partial charge in [-0.3, -0.25) is 0 Å². The lowest BCUT2D eigenvalue weighted by Gasteiger charge is -2.21. The summed E-state index contributed by atoms with van der Waals surface area (Å²) >= 11 is 0. The van der Waals surface area contributed by atoms with E-state index in [1.165, 1.54) is 11.1 Å². The van der Waals surface area contributed by atoms with Crippen LogP contribution in [-0.2, 0) is 0 Å². The Labute approximate surface area is 114 Å². The van der Waals surface area contributed by atoms with Crippen LogP contribution in [0.4, 0.5) is 0 Å². The summed E-state index contributed by atoms with van der Waals surface area (Å²) in [4.78, 5) is 0. The molecule has 2 aromatic rings. The summed E-state index contributed by atoms with van der Waals surface area (Å²) in [5, 5.41) is 10.2. The molecule has 0 aromatic heterocycles. The topological polar surface area (TPSA) is 20.2 Å². The highest BCUT2D eigenvalue weighted by molar-refractivity contribution is 5.40. The van der Waals surface area contributed by atoms with Crippen LogP contribution in [0, 0.1) is 0 Å². The van der Waals surface area contributed by atoms with Gasteiger partial charge in [-0.2, -0.15) is 0 Å². The first kappa shape index (κ1) is 12.2. The molecule has 0 amide bonds. The van der Waals surface area contributed by atoms with Gasteiger partial charge in [-0.25, -0.2) is 0 Å². The molecule has 1 saturated carbocycles. The van der Waals surface area contributed by atoms with E-state index in [9.17, 15) is 5.11 Å². The Morgan fingerprint density at radius 2 is 1.37 bits per heavy atom. The normalized spacial score (nSPS) is 26.6. The van der Waals surface area contributed by atoms with Gasteiger partial charge in [0, 0.05) is 5.92 Å². The lowest BCUT2D eigenvalue weighted by molar-refractivity contribution is 0.215. The monoisotopic (exact) mass is 250 g/mol. The van der Waals surface area contributed by atoms with E-state index in [0.29, 0.717) is 5.92 Å². The Balaban J connectivity index is 2.02. The first-order chi connectivity index (χ1) is 9.27. The Bertz CT molecular complexity index is 559. The molecule has 1 nitrogen and oxygen atoms in total. The van der Waals surface area contributed by atoms with Crippen molar-refractivity contribution in [3.63, 3.8) is 0 Å². The molecule has 0 aliphatic heterocycles. The third kappa shape index (κ3) is 2.22. The van der Waals surface area contributed by atoms with Gasteiger partial charge >= 0.3 is 0 Å². The molecule has 3 rings (SSSR count). The molecule has 3 atom stereocenters. The lowest BCUT2D eigenvalue weighted by atomic mass is 9.83. The van der Waals surface area contributed by atoms with Crippen LogP contribution in [0.25, 0.3) is 0 Å². The van der Waals surface area contributed by atoms with Gasteiger partial charge in [0.25, 0.3) is 0 Å². The highest BCUT2D eigenvalue weighted by Crippen LogP contribution is 2.48. The maximum absolute atomic E-state index is 10.2. The predicted octanol–water partition coefficient (Wildman–Crippen LogP) is 3.87. The Kier molecular flexibility index (Phi) is 3.22. The van der Waals surface area contributed by atoms with Gasteiger partial charge in [-0.15, -0.1) is 0 Å². The van der Waals surface area contributed by atoms with Crippen LogP contribution in [0.5, 0.6) is 0 Å². The van der Waals surface area contributed by atoms with Crippen LogP contribution >= 0.6 is 0 Å². The van der Waals surface area contributed by atoms with Gasteiger partial charge in [-0.1, -0.05) is 67.2 Å². The van der Waals surface area contributed by atoms with Gasteiger partial charge in [-0.05, 0) is 29.0 Å². The van der Waals surface area contributed by atoms with E-state index in [-0.39, 0.29) is 5.92 Å². The number of hydrogen-bond acceptors (Lipinski definition) is 1. The summed E-state index contributed by atoms with van der Waals surface area (Å²) in [5.74, 6) is 0.546. The van der Waals surface area contributed by atoms with Gasteiger partial charge < -0.3 is 5.11 Å². The summed E-state index contributed by atoms with van der Waals surface area (Å²) in [6.45, 7) is 4.12. The lowest BCUT2D eigenvalue weighted by Crippen LogP contribution is -2.06. The van der Waals surface area contributed by atoms with E-state index in [4.69, 9.17) is 0 Å². The quantitative estimate of drug-likeness (QED) is 0.802. The van der Waals surface area contributed by atoms with Gasteiger partial charge in [0.15, 0.2) is 0 Å². The number of rotatable bonds is 2. The van der Waals surface area contributed by atoms with Crippen molar-refractivity contribution in [1.29, 1.82) is 0 Å². The van der Waals surface area contributed by atoms with Crippen LogP contribution in [-0.4, -0.2) is 11.2 Å². The van der Waals surface area contributed by atoms with Crippen molar-refractivity contribution in [2.24, 2.45) is 0 Å². The van der Waals surface area contributed by atoms with Crippen LogP contribution < -0.4 is 0 Å². The van der Waals surface area contributed by atoms with E-state index < -0.39 is 6.10 Å². The summed E-state index contributed by atoms with van der Waals surface area (Å²) in [7, 11) is 0. The zero-order valence-corrected chi connectivity index (χ0v) is 10.9. The van der Waals surface area contributed by atoms with Crippen molar-refractivity contribution < 1.29 is 5.11 Å². The highest BCUT2D eigenvalue weighted by atomic mass is 16.3. The fourth-order valence-electron chi connectivity index (χ4n) is 3.13. The number of benzene rings is 2. The molecule has 1 fully saturated rings. The SMILES string of the molecule is C=C1[C@H](O)C[C@H](c2ccccc2)[C@H]1c1ccccc1. The second-order valence-corrected chi connectivity index (χ2v) is 5.23. The van der Waals surface area contributed by atoms with Crippen LogP contribution in [0.1, 0.15) is 29.4 Å². The zero-order chi connectivity index (χ0) is 13.2. The van der Waals surface area contributed by atoms with Crippen molar-refractivity contribution >= 4 is 0 Å². The van der Waals surface area contributed by atoms with Crippen LogP contribution in [0.3, 0.4) is 0 Å². The third-order valence-electron chi connectivity index (χ3n) is 4.09. The minimum absolute atomic E-state index is 0.221. The van der Waals surface area contributed by atoms with Crippen molar-refractivity contribution in [2.45, 2.75) is 24.4 Å². The van der Waals surface area contributed by atoms with Crippen molar-refractivity contribution in [3.8, 4) is 0 Å². The summed E-state index contributed by atoms with van der Waals surface area (Å²) in [6.07, 6.45) is 0.373. The fraction of sp³-hybridized carbons (Fsp3) is 0.222. The molecule has 0 bridgehead atoms. The average Bonchev–Trinajstić information content (AvgIpc) is 2.77. The van der Waals surface area contributed by atoms with Crippen molar-refractivity contribution in [2.75, 3.05) is 0 Å². The number of hydrogen-bond donors (Lipinski definition) is 1. The maximum atomic E-state index is 10.2. The van der Waals surface area contributed by atoms with Crippen LogP contribution in [0.2, 0.25) is 0 Å². The van der Waals surface area contributed by atoms with Gasteiger partial charge in [0.1, 0.15) is 0 Å². The minimum atomic E-state index is -0.393. The molecule has 0 unspecified atom stereocenters. The predicted molar refractivity (Wildman–Crippen MR) is 78.1 cm³/mol. The molecule has 1 heteroatoms. The Morgan fingerprint density at radius 1 is 0.842 bits per heavy atom. The largest absolute Gasteiger partial charge is 0.389 e. The molecular weight excluding hydrogens is 232 g/mol. The zero-order valence-electron chi connectivity index (χ0n) is 10.9. The fourth-order valence-corrected chi connectivity index (χ4v) is 3.13. The summed E-state index contributed by atoms with van der Waals surface area (Å²) in [5.41, 5.74) is 3.48. The van der Waals surface area contributed by atoms with Gasteiger partial charge in [0.05, 0.1) is 6.10 Å². The molecule has 96 valence electrons. The molecule has 0 heterocycles. The molecule has 19 heavy (non-hydrogen) atoms. The maximum Gasteiger partial charge on any atom is 0.0759 e. The number of aliphatic hydroxyl groups excluding tert-OH is 1. The Hall–Kier alpha value is -1.86. The molecule has 1 N–H and O–H groups in total.